The van der Waals surface area contributed by atoms with Crippen LogP contribution in [0.1, 0.15) is 33.3 Å². The molecule has 2 rings (SSSR count). The van der Waals surface area contributed by atoms with Gasteiger partial charge in [-0.2, -0.15) is 5.10 Å². The molecule has 0 aromatic carbocycles. The van der Waals surface area contributed by atoms with E-state index in [9.17, 15) is 10.1 Å². The molecule has 0 radical (unpaired) electrons. The Hall–Kier alpha value is -1.57. The lowest BCUT2D eigenvalue weighted by atomic mass is 9.81. The van der Waals surface area contributed by atoms with Crippen LogP contribution in [0.25, 0.3) is 5.69 Å². The van der Waals surface area contributed by atoms with Gasteiger partial charge in [0, 0.05) is 12.3 Å². The molecular formula is C14H21BN2O4. The monoisotopic (exact) mass is 292 g/mol. The van der Waals surface area contributed by atoms with Crippen LogP contribution in [0.4, 0.5) is 0 Å². The molecule has 0 atom stereocenters. The third-order valence-electron chi connectivity index (χ3n) is 3.71. The average Bonchev–Trinajstić information content (AvgIpc) is 2.94. The van der Waals surface area contributed by atoms with E-state index in [0.717, 1.165) is 5.56 Å². The highest BCUT2D eigenvalue weighted by atomic mass is 16.6. The van der Waals surface area contributed by atoms with Gasteiger partial charge in [0.25, 0.3) is 0 Å². The van der Waals surface area contributed by atoms with E-state index in [2.05, 4.69) is 5.10 Å². The van der Waals surface area contributed by atoms with Gasteiger partial charge in [-0.3, -0.25) is 0 Å². The Balaban J connectivity index is 2.14. The molecule has 0 saturated heterocycles. The van der Waals surface area contributed by atoms with Crippen molar-refractivity contribution in [1.29, 1.82) is 0 Å². The number of aliphatic hydroxyl groups is 1. The van der Waals surface area contributed by atoms with E-state index in [4.69, 9.17) is 9.07 Å². The van der Waals surface area contributed by atoms with Gasteiger partial charge in [0.05, 0.1) is 17.4 Å². The molecule has 0 spiro atoms. The van der Waals surface area contributed by atoms with Crippen LogP contribution in [0, 0.1) is 6.92 Å². The van der Waals surface area contributed by atoms with Gasteiger partial charge in [-0.1, -0.05) is 0 Å². The molecule has 0 amide bonds. The molecule has 6 nitrogen and oxygen atoms in total. The standard InChI is InChI=1S/C14H21BN2O4/c1-10-7-16-17(8-10)11-6-12(20-9-11)15(19)21-14(4,5)13(2,3)18/h6-9,18-19H,1-5H3. The van der Waals surface area contributed by atoms with Crippen LogP contribution < -0.4 is 5.66 Å². The summed E-state index contributed by atoms with van der Waals surface area (Å²) in [5.74, 6) is 0. The maximum Gasteiger partial charge on any atom is 0.529 e. The SMILES string of the molecule is Cc1cnn(-c2coc(B(O)OC(C)(C)C(C)(C)O)c2)c1. The second kappa shape index (κ2) is 5.33. The van der Waals surface area contributed by atoms with Gasteiger partial charge < -0.3 is 19.2 Å². The van der Waals surface area contributed by atoms with Crippen molar-refractivity contribution in [2.75, 3.05) is 0 Å². The molecule has 0 aliphatic heterocycles. The summed E-state index contributed by atoms with van der Waals surface area (Å²) in [7, 11) is -1.27. The van der Waals surface area contributed by atoms with Crippen molar-refractivity contribution in [2.24, 2.45) is 0 Å². The van der Waals surface area contributed by atoms with E-state index < -0.39 is 18.3 Å². The number of aryl methyl sites for hydroxylation is 1. The lowest BCUT2D eigenvalue weighted by molar-refractivity contribution is -0.0986. The maximum absolute atomic E-state index is 10.1. The molecule has 2 heterocycles. The van der Waals surface area contributed by atoms with Crippen molar-refractivity contribution in [3.63, 3.8) is 0 Å². The summed E-state index contributed by atoms with van der Waals surface area (Å²) >= 11 is 0. The zero-order valence-corrected chi connectivity index (χ0v) is 13.0. The lowest BCUT2D eigenvalue weighted by Crippen LogP contribution is -2.52. The van der Waals surface area contributed by atoms with E-state index in [1.54, 1.807) is 44.6 Å². The molecular weight excluding hydrogens is 271 g/mol. The Morgan fingerprint density at radius 1 is 1.33 bits per heavy atom. The Labute approximate surface area is 124 Å². The van der Waals surface area contributed by atoms with Crippen molar-refractivity contribution in [3.8, 4) is 5.69 Å². The van der Waals surface area contributed by atoms with Gasteiger partial charge in [0.2, 0.25) is 0 Å². The third-order valence-corrected chi connectivity index (χ3v) is 3.71. The highest BCUT2D eigenvalue weighted by Crippen LogP contribution is 2.25. The Morgan fingerprint density at radius 2 is 2.00 bits per heavy atom. The fourth-order valence-electron chi connectivity index (χ4n) is 1.63. The molecule has 2 aromatic heterocycles. The molecule has 2 N–H and O–H groups in total. The molecule has 0 aliphatic carbocycles. The zero-order chi connectivity index (χ0) is 15.8. The first-order valence-corrected chi connectivity index (χ1v) is 6.78. The summed E-state index contributed by atoms with van der Waals surface area (Å²) < 4.78 is 12.5. The van der Waals surface area contributed by atoms with Gasteiger partial charge in [-0.25, -0.2) is 4.68 Å². The summed E-state index contributed by atoms with van der Waals surface area (Å²) in [5.41, 5.74) is -0.0699. The molecule has 21 heavy (non-hydrogen) atoms. The van der Waals surface area contributed by atoms with Crippen LogP contribution in [0.15, 0.2) is 29.1 Å². The second-order valence-electron chi connectivity index (χ2n) is 6.21. The molecule has 0 unspecified atom stereocenters. The van der Waals surface area contributed by atoms with Gasteiger partial charge in [-0.05, 0) is 40.2 Å². The summed E-state index contributed by atoms with van der Waals surface area (Å²) in [5, 5.41) is 24.3. The molecule has 7 heteroatoms. The van der Waals surface area contributed by atoms with Crippen molar-refractivity contribution in [2.45, 2.75) is 45.8 Å². The summed E-state index contributed by atoms with van der Waals surface area (Å²) in [6, 6.07) is 1.65. The van der Waals surface area contributed by atoms with Crippen molar-refractivity contribution >= 4 is 12.8 Å². The highest BCUT2D eigenvalue weighted by Gasteiger charge is 2.40. The fraction of sp³-hybridized carbons (Fsp3) is 0.500. The summed E-state index contributed by atoms with van der Waals surface area (Å²) in [6.07, 6.45) is 5.07. The Kier molecular flexibility index (Phi) is 4.01. The largest absolute Gasteiger partial charge is 0.529 e. The number of nitrogens with zero attached hydrogens (tertiary/aromatic N) is 2. The number of furan rings is 1. The minimum absolute atomic E-state index is 0.260. The number of rotatable bonds is 5. The quantitative estimate of drug-likeness (QED) is 0.804. The van der Waals surface area contributed by atoms with Crippen molar-refractivity contribution in [3.05, 3.63) is 30.3 Å². The van der Waals surface area contributed by atoms with Gasteiger partial charge >= 0.3 is 7.12 Å². The smallest absolute Gasteiger partial charge is 0.471 e. The van der Waals surface area contributed by atoms with E-state index in [0.29, 0.717) is 5.69 Å². The van der Waals surface area contributed by atoms with E-state index in [1.165, 1.54) is 6.26 Å². The van der Waals surface area contributed by atoms with E-state index in [1.807, 2.05) is 13.1 Å². The van der Waals surface area contributed by atoms with Gasteiger partial charge in [0.1, 0.15) is 17.6 Å². The fourth-order valence-corrected chi connectivity index (χ4v) is 1.63. The van der Waals surface area contributed by atoms with E-state index in [-0.39, 0.29) is 5.66 Å². The Morgan fingerprint density at radius 3 is 2.52 bits per heavy atom. The first kappa shape index (κ1) is 15.8. The molecule has 114 valence electrons. The molecule has 0 bridgehead atoms. The van der Waals surface area contributed by atoms with Crippen LogP contribution in [-0.4, -0.2) is 38.2 Å². The van der Waals surface area contributed by atoms with Crippen LogP contribution >= 0.6 is 0 Å². The number of hydrogen-bond donors (Lipinski definition) is 2. The predicted molar refractivity (Wildman–Crippen MR) is 79.6 cm³/mol. The first-order valence-electron chi connectivity index (χ1n) is 6.78. The van der Waals surface area contributed by atoms with Crippen LogP contribution in [0.5, 0.6) is 0 Å². The molecule has 0 saturated carbocycles. The maximum atomic E-state index is 10.1. The summed E-state index contributed by atoms with van der Waals surface area (Å²) in [4.78, 5) is 0. The average molecular weight is 292 g/mol. The number of hydrogen-bond acceptors (Lipinski definition) is 5. The second-order valence-corrected chi connectivity index (χ2v) is 6.21. The highest BCUT2D eigenvalue weighted by molar-refractivity contribution is 6.58. The predicted octanol–water partition coefficient (Wildman–Crippen LogP) is 1.03. The van der Waals surface area contributed by atoms with Gasteiger partial charge in [-0.15, -0.1) is 0 Å². The Bertz CT molecular complexity index is 613. The van der Waals surface area contributed by atoms with E-state index >= 15 is 0 Å². The van der Waals surface area contributed by atoms with Crippen LogP contribution in [-0.2, 0) is 4.65 Å². The molecule has 0 aliphatic rings. The summed E-state index contributed by atoms with van der Waals surface area (Å²) in [6.45, 7) is 8.60. The lowest BCUT2D eigenvalue weighted by Gasteiger charge is -2.38. The first-order chi connectivity index (χ1) is 9.60. The van der Waals surface area contributed by atoms with Crippen LogP contribution in [0.2, 0.25) is 0 Å². The molecule has 2 aromatic rings. The van der Waals surface area contributed by atoms with Crippen molar-refractivity contribution in [1.82, 2.24) is 9.78 Å². The topological polar surface area (TPSA) is 80.7 Å². The third kappa shape index (κ3) is 3.37. The van der Waals surface area contributed by atoms with Gasteiger partial charge in [0.15, 0.2) is 0 Å². The minimum atomic E-state index is -1.27. The minimum Gasteiger partial charge on any atom is -0.471 e. The normalized spacial score (nSPS) is 12.7. The van der Waals surface area contributed by atoms with Crippen LogP contribution in [0.3, 0.4) is 0 Å². The molecule has 0 fully saturated rings. The zero-order valence-electron chi connectivity index (χ0n) is 13.0. The number of aromatic nitrogens is 2. The van der Waals surface area contributed by atoms with Crippen molar-refractivity contribution < 1.29 is 19.2 Å².